The average Bonchev–Trinajstić information content (AvgIpc) is 2.43. The van der Waals surface area contributed by atoms with Gasteiger partial charge in [-0.2, -0.15) is 0 Å². The van der Waals surface area contributed by atoms with Crippen molar-refractivity contribution in [2.75, 3.05) is 6.54 Å². The molecule has 1 unspecified atom stereocenters. The second kappa shape index (κ2) is 5.10. The van der Waals surface area contributed by atoms with Crippen molar-refractivity contribution in [3.05, 3.63) is 70.8 Å². The number of hydrogen-bond acceptors (Lipinski definition) is 1. The summed E-state index contributed by atoms with van der Waals surface area (Å²) in [4.78, 5) is 0. The van der Waals surface area contributed by atoms with Crippen LogP contribution in [0.15, 0.2) is 42.5 Å². The van der Waals surface area contributed by atoms with E-state index in [0.717, 1.165) is 18.5 Å². The molecular weight excluding hydrogens is 244 g/mol. The third-order valence-electron chi connectivity index (χ3n) is 3.64. The van der Waals surface area contributed by atoms with Gasteiger partial charge in [-0.05, 0) is 48.2 Å². The molecule has 3 heteroatoms. The Bertz CT molecular complexity index is 595. The Morgan fingerprint density at radius 3 is 2.74 bits per heavy atom. The highest BCUT2D eigenvalue weighted by Crippen LogP contribution is 2.26. The predicted molar refractivity (Wildman–Crippen MR) is 71.0 cm³/mol. The summed E-state index contributed by atoms with van der Waals surface area (Å²) in [5.74, 6) is -1.57. The first-order valence-electron chi connectivity index (χ1n) is 6.49. The second-order valence-corrected chi connectivity index (χ2v) is 4.91. The maximum Gasteiger partial charge on any atom is 0.159 e. The van der Waals surface area contributed by atoms with Crippen LogP contribution in [0.2, 0.25) is 0 Å². The lowest BCUT2D eigenvalue weighted by Crippen LogP contribution is -2.31. The molecule has 1 atom stereocenters. The molecule has 1 aliphatic rings. The Balaban J connectivity index is 1.86. The minimum atomic E-state index is -0.791. The van der Waals surface area contributed by atoms with E-state index in [-0.39, 0.29) is 6.04 Å². The maximum absolute atomic E-state index is 13.2. The van der Waals surface area contributed by atoms with Crippen LogP contribution >= 0.6 is 0 Å². The summed E-state index contributed by atoms with van der Waals surface area (Å²) < 4.78 is 26.2. The topological polar surface area (TPSA) is 12.0 Å². The first-order valence-corrected chi connectivity index (χ1v) is 6.49. The molecule has 98 valence electrons. The fraction of sp³-hybridized carbons (Fsp3) is 0.250. The zero-order chi connectivity index (χ0) is 13.2. The number of nitrogens with one attached hydrogen (secondary N) is 1. The van der Waals surface area contributed by atoms with E-state index in [1.807, 2.05) is 12.1 Å². The summed E-state index contributed by atoms with van der Waals surface area (Å²) in [6.07, 6.45) is 1.69. The van der Waals surface area contributed by atoms with Crippen LogP contribution in [-0.4, -0.2) is 6.54 Å². The van der Waals surface area contributed by atoms with E-state index in [9.17, 15) is 8.78 Å². The van der Waals surface area contributed by atoms with Crippen LogP contribution < -0.4 is 5.32 Å². The molecule has 1 nitrogen and oxygen atoms in total. The predicted octanol–water partition coefficient (Wildman–Crippen LogP) is 3.39. The van der Waals surface area contributed by atoms with Gasteiger partial charge in [0.25, 0.3) is 0 Å². The lowest BCUT2D eigenvalue weighted by atomic mass is 9.90. The van der Waals surface area contributed by atoms with Gasteiger partial charge in [-0.25, -0.2) is 8.78 Å². The molecule has 2 aromatic carbocycles. The van der Waals surface area contributed by atoms with Crippen LogP contribution in [0, 0.1) is 11.6 Å². The molecule has 0 bridgehead atoms. The number of rotatable bonds is 2. The van der Waals surface area contributed by atoms with E-state index in [1.54, 1.807) is 6.07 Å². The summed E-state index contributed by atoms with van der Waals surface area (Å²) in [5, 5.41) is 3.44. The molecule has 0 aliphatic carbocycles. The monoisotopic (exact) mass is 259 g/mol. The molecule has 0 amide bonds. The van der Waals surface area contributed by atoms with Gasteiger partial charge in [0.15, 0.2) is 11.6 Å². The number of benzene rings is 2. The molecule has 1 heterocycles. The summed E-state index contributed by atoms with van der Waals surface area (Å²) in [6.45, 7) is 0.922. The standard InChI is InChI=1S/C16H15F2N/c17-14-6-5-11(9-15(14)18)10-16-13-4-2-1-3-12(13)7-8-19-16/h1-6,9,16,19H,7-8,10H2. The van der Waals surface area contributed by atoms with Crippen LogP contribution in [0.3, 0.4) is 0 Å². The molecule has 1 aliphatic heterocycles. The summed E-state index contributed by atoms with van der Waals surface area (Å²) in [6, 6.07) is 12.6. The lowest BCUT2D eigenvalue weighted by Gasteiger charge is -2.27. The quantitative estimate of drug-likeness (QED) is 0.871. The van der Waals surface area contributed by atoms with Gasteiger partial charge in [-0.15, -0.1) is 0 Å². The summed E-state index contributed by atoms with van der Waals surface area (Å²) >= 11 is 0. The van der Waals surface area contributed by atoms with Crippen molar-refractivity contribution in [3.8, 4) is 0 Å². The molecular formula is C16H15F2N. The number of fused-ring (bicyclic) bond motifs is 1. The molecule has 0 fully saturated rings. The van der Waals surface area contributed by atoms with E-state index >= 15 is 0 Å². The fourth-order valence-corrected chi connectivity index (χ4v) is 2.68. The Morgan fingerprint density at radius 2 is 1.89 bits per heavy atom. The van der Waals surface area contributed by atoms with Gasteiger partial charge in [-0.3, -0.25) is 0 Å². The van der Waals surface area contributed by atoms with Gasteiger partial charge in [0.1, 0.15) is 0 Å². The van der Waals surface area contributed by atoms with Gasteiger partial charge >= 0.3 is 0 Å². The SMILES string of the molecule is Fc1ccc(CC2NCCc3ccccc32)cc1F. The largest absolute Gasteiger partial charge is 0.309 e. The van der Waals surface area contributed by atoms with Gasteiger partial charge < -0.3 is 5.32 Å². The van der Waals surface area contributed by atoms with E-state index in [2.05, 4.69) is 17.4 Å². The number of hydrogen-bond donors (Lipinski definition) is 1. The van der Waals surface area contributed by atoms with Crippen molar-refractivity contribution in [2.45, 2.75) is 18.9 Å². The average molecular weight is 259 g/mol. The van der Waals surface area contributed by atoms with E-state index in [0.29, 0.717) is 6.42 Å². The first kappa shape index (κ1) is 12.3. The minimum absolute atomic E-state index is 0.176. The lowest BCUT2D eigenvalue weighted by molar-refractivity contribution is 0.490. The van der Waals surface area contributed by atoms with Crippen molar-refractivity contribution in [1.82, 2.24) is 5.32 Å². The molecule has 0 spiro atoms. The molecule has 19 heavy (non-hydrogen) atoms. The maximum atomic E-state index is 13.2. The third-order valence-corrected chi connectivity index (χ3v) is 3.64. The van der Waals surface area contributed by atoms with Crippen LogP contribution in [0.5, 0.6) is 0 Å². The van der Waals surface area contributed by atoms with E-state index in [1.165, 1.54) is 23.3 Å². The van der Waals surface area contributed by atoms with Crippen LogP contribution in [0.25, 0.3) is 0 Å². The van der Waals surface area contributed by atoms with Gasteiger partial charge in [0.05, 0.1) is 0 Å². The molecule has 2 aromatic rings. The molecule has 0 saturated carbocycles. The Labute approximate surface area is 111 Å². The number of halogens is 2. The van der Waals surface area contributed by atoms with Gasteiger partial charge in [0.2, 0.25) is 0 Å². The van der Waals surface area contributed by atoms with Crippen LogP contribution in [0.1, 0.15) is 22.7 Å². The third kappa shape index (κ3) is 2.51. The first-order chi connectivity index (χ1) is 9.24. The molecule has 1 N–H and O–H groups in total. The van der Waals surface area contributed by atoms with Crippen LogP contribution in [0.4, 0.5) is 8.78 Å². The zero-order valence-electron chi connectivity index (χ0n) is 10.5. The molecule has 3 rings (SSSR count). The van der Waals surface area contributed by atoms with Crippen molar-refractivity contribution in [1.29, 1.82) is 0 Å². The fourth-order valence-electron chi connectivity index (χ4n) is 2.68. The van der Waals surface area contributed by atoms with E-state index in [4.69, 9.17) is 0 Å². The second-order valence-electron chi connectivity index (χ2n) is 4.91. The van der Waals surface area contributed by atoms with Crippen molar-refractivity contribution < 1.29 is 8.78 Å². The van der Waals surface area contributed by atoms with Crippen molar-refractivity contribution in [3.63, 3.8) is 0 Å². The Kier molecular flexibility index (Phi) is 3.30. The smallest absolute Gasteiger partial charge is 0.159 e. The normalized spacial score (nSPS) is 18.1. The highest BCUT2D eigenvalue weighted by molar-refractivity contribution is 5.34. The Morgan fingerprint density at radius 1 is 1.05 bits per heavy atom. The molecule has 0 radical (unpaired) electrons. The minimum Gasteiger partial charge on any atom is -0.309 e. The highest BCUT2D eigenvalue weighted by atomic mass is 19.2. The summed E-state index contributed by atoms with van der Waals surface area (Å²) in [5.41, 5.74) is 3.42. The van der Waals surface area contributed by atoms with Crippen molar-refractivity contribution in [2.24, 2.45) is 0 Å². The molecule has 0 saturated heterocycles. The van der Waals surface area contributed by atoms with Gasteiger partial charge in [-0.1, -0.05) is 30.3 Å². The Hall–Kier alpha value is -1.74. The molecule has 0 aromatic heterocycles. The van der Waals surface area contributed by atoms with E-state index < -0.39 is 11.6 Å². The highest BCUT2D eigenvalue weighted by Gasteiger charge is 2.19. The van der Waals surface area contributed by atoms with Crippen LogP contribution in [-0.2, 0) is 12.8 Å². The zero-order valence-corrected chi connectivity index (χ0v) is 10.5. The van der Waals surface area contributed by atoms with Gasteiger partial charge in [0, 0.05) is 6.04 Å². The van der Waals surface area contributed by atoms with Crippen molar-refractivity contribution >= 4 is 0 Å². The summed E-state index contributed by atoms with van der Waals surface area (Å²) in [7, 11) is 0.